The van der Waals surface area contributed by atoms with Crippen molar-refractivity contribution in [3.63, 3.8) is 0 Å². The molecule has 2 aromatic rings. The number of benzene rings is 1. The molecule has 1 N–H and O–H groups in total. The fraction of sp³-hybridized carbons (Fsp3) is 0.429. The molecule has 0 saturated carbocycles. The Morgan fingerprint density at radius 2 is 2.22 bits per heavy atom. The minimum atomic E-state index is -0.431. The lowest BCUT2D eigenvalue weighted by Gasteiger charge is -2.13. The monoisotopic (exact) mass is 374 g/mol. The first-order valence-corrected chi connectivity index (χ1v) is 9.20. The Labute approximate surface area is 159 Å². The second-order valence-electron chi connectivity index (χ2n) is 6.35. The van der Waals surface area contributed by atoms with Crippen molar-refractivity contribution in [2.45, 2.75) is 26.7 Å². The van der Waals surface area contributed by atoms with Crippen LogP contribution in [-0.2, 0) is 15.9 Å². The van der Waals surface area contributed by atoms with E-state index in [4.69, 9.17) is 9.47 Å². The summed E-state index contributed by atoms with van der Waals surface area (Å²) < 4.78 is 24.5. The fourth-order valence-electron chi connectivity index (χ4n) is 2.81. The number of para-hydroxylation sites is 1. The molecule has 1 aromatic heterocycles. The van der Waals surface area contributed by atoms with Gasteiger partial charge in [-0.05, 0) is 49.5 Å². The summed E-state index contributed by atoms with van der Waals surface area (Å²) in [5.41, 5.74) is 1.33. The quantitative estimate of drug-likeness (QED) is 0.507. The average Bonchev–Trinajstić information content (AvgIpc) is 2.66. The lowest BCUT2D eigenvalue weighted by molar-refractivity contribution is 0.0939. The zero-order chi connectivity index (χ0) is 19.6. The summed E-state index contributed by atoms with van der Waals surface area (Å²) in [5, 5.41) is 3.54. The Morgan fingerprint density at radius 1 is 1.41 bits per heavy atom. The van der Waals surface area contributed by atoms with Crippen LogP contribution in [0.4, 0.5) is 4.39 Å². The molecule has 0 fully saturated rings. The van der Waals surface area contributed by atoms with Crippen molar-refractivity contribution in [3.8, 4) is 0 Å². The first-order valence-electron chi connectivity index (χ1n) is 9.20. The van der Waals surface area contributed by atoms with Crippen molar-refractivity contribution < 1.29 is 18.7 Å². The number of carbonyl (C=O) groups is 1. The number of ether oxygens (including phenoxy) is 2. The van der Waals surface area contributed by atoms with Gasteiger partial charge in [-0.2, -0.15) is 0 Å². The number of halogens is 1. The van der Waals surface area contributed by atoms with Crippen LogP contribution in [0, 0.1) is 11.7 Å². The van der Waals surface area contributed by atoms with E-state index >= 15 is 0 Å². The maximum atomic E-state index is 14.3. The van der Waals surface area contributed by atoms with Gasteiger partial charge in [0.15, 0.2) is 0 Å². The number of pyridine rings is 1. The fourth-order valence-corrected chi connectivity index (χ4v) is 2.81. The van der Waals surface area contributed by atoms with Crippen LogP contribution in [0.5, 0.6) is 0 Å². The number of rotatable bonds is 10. The third kappa shape index (κ3) is 6.03. The van der Waals surface area contributed by atoms with Gasteiger partial charge in [0.05, 0.1) is 13.4 Å². The molecule has 1 atom stereocenters. The molecule has 0 radical (unpaired) electrons. The maximum absolute atomic E-state index is 14.3. The van der Waals surface area contributed by atoms with E-state index in [1.54, 1.807) is 25.5 Å². The van der Waals surface area contributed by atoms with Crippen LogP contribution in [0.3, 0.4) is 0 Å². The van der Waals surface area contributed by atoms with Gasteiger partial charge in [0.25, 0.3) is 5.91 Å². The highest BCUT2D eigenvalue weighted by Gasteiger charge is 2.15. The van der Waals surface area contributed by atoms with Gasteiger partial charge in [-0.1, -0.05) is 19.1 Å². The summed E-state index contributed by atoms with van der Waals surface area (Å²) in [6, 6.07) is 6.59. The summed E-state index contributed by atoms with van der Waals surface area (Å²) >= 11 is 0. The van der Waals surface area contributed by atoms with Crippen molar-refractivity contribution in [3.05, 3.63) is 53.7 Å². The Hall–Kier alpha value is -2.47. The van der Waals surface area contributed by atoms with E-state index in [9.17, 15) is 9.18 Å². The minimum absolute atomic E-state index is 0.168. The first kappa shape index (κ1) is 20.8. The molecule has 1 aromatic carbocycles. The SMILES string of the molecule is CCOCCCNC(=O)c1cc(CC(C)/C=C/OC)c2cccc(F)c2n1. The molecule has 5 nitrogen and oxygen atoms in total. The van der Waals surface area contributed by atoms with E-state index in [2.05, 4.69) is 10.3 Å². The van der Waals surface area contributed by atoms with Crippen molar-refractivity contribution in [1.29, 1.82) is 0 Å². The number of carbonyl (C=O) groups excluding carboxylic acids is 1. The van der Waals surface area contributed by atoms with Crippen LogP contribution < -0.4 is 5.32 Å². The zero-order valence-corrected chi connectivity index (χ0v) is 16.1. The van der Waals surface area contributed by atoms with E-state index in [-0.39, 0.29) is 23.0 Å². The van der Waals surface area contributed by atoms with Crippen LogP contribution in [0.15, 0.2) is 36.6 Å². The smallest absolute Gasteiger partial charge is 0.269 e. The number of hydrogen-bond acceptors (Lipinski definition) is 4. The van der Waals surface area contributed by atoms with Crippen LogP contribution >= 0.6 is 0 Å². The predicted octanol–water partition coefficient (Wildman–Crippen LogP) is 3.87. The Kier molecular flexibility index (Phi) is 8.20. The highest BCUT2D eigenvalue weighted by molar-refractivity contribution is 5.96. The molecule has 1 amide bonds. The Bertz CT molecular complexity index is 792. The van der Waals surface area contributed by atoms with Crippen molar-refractivity contribution in [1.82, 2.24) is 10.3 Å². The molecule has 2 rings (SSSR count). The molecule has 1 unspecified atom stereocenters. The van der Waals surface area contributed by atoms with E-state index in [1.165, 1.54) is 6.07 Å². The number of fused-ring (bicyclic) bond motifs is 1. The summed E-state index contributed by atoms with van der Waals surface area (Å²) in [7, 11) is 1.59. The second kappa shape index (κ2) is 10.6. The summed E-state index contributed by atoms with van der Waals surface area (Å²) in [6.07, 6.45) is 4.92. The number of aromatic nitrogens is 1. The molecule has 27 heavy (non-hydrogen) atoms. The number of allylic oxidation sites excluding steroid dienone is 1. The molecule has 6 heteroatoms. The Balaban J connectivity index is 2.25. The maximum Gasteiger partial charge on any atom is 0.269 e. The molecule has 0 bridgehead atoms. The van der Waals surface area contributed by atoms with Crippen LogP contribution in [0.1, 0.15) is 36.3 Å². The molecule has 0 aliphatic carbocycles. The number of nitrogens with zero attached hydrogens (tertiary/aromatic N) is 1. The van der Waals surface area contributed by atoms with Gasteiger partial charge < -0.3 is 14.8 Å². The number of nitrogens with one attached hydrogen (secondary N) is 1. The second-order valence-corrected chi connectivity index (χ2v) is 6.35. The largest absolute Gasteiger partial charge is 0.505 e. The minimum Gasteiger partial charge on any atom is -0.505 e. The normalized spacial score (nSPS) is 12.4. The number of amides is 1. The molecule has 0 saturated heterocycles. The highest BCUT2D eigenvalue weighted by Crippen LogP contribution is 2.24. The number of methoxy groups -OCH3 is 1. The van der Waals surface area contributed by atoms with Crippen LogP contribution in [0.2, 0.25) is 0 Å². The zero-order valence-electron chi connectivity index (χ0n) is 16.1. The van der Waals surface area contributed by atoms with Crippen molar-refractivity contribution in [2.24, 2.45) is 5.92 Å². The summed E-state index contributed by atoms with van der Waals surface area (Å²) in [4.78, 5) is 16.7. The number of hydrogen-bond donors (Lipinski definition) is 1. The molecule has 0 spiro atoms. The third-order valence-electron chi connectivity index (χ3n) is 4.15. The topological polar surface area (TPSA) is 60.5 Å². The standard InChI is InChI=1S/C21H27FN2O3/c1-4-27-11-6-10-23-21(25)19-14-16(13-15(2)9-12-26-3)17-7-5-8-18(22)20(17)24-19/h5,7-9,12,14-15H,4,6,10-11,13H2,1-3H3,(H,23,25)/b12-9+. The first-order chi connectivity index (χ1) is 13.1. The molecule has 146 valence electrons. The summed E-state index contributed by atoms with van der Waals surface area (Å²) in [6.45, 7) is 5.69. The van der Waals surface area contributed by atoms with Gasteiger partial charge in [0, 0.05) is 25.1 Å². The van der Waals surface area contributed by atoms with Gasteiger partial charge in [-0.25, -0.2) is 9.37 Å². The van der Waals surface area contributed by atoms with Crippen LogP contribution in [0.25, 0.3) is 10.9 Å². The van der Waals surface area contributed by atoms with Crippen molar-refractivity contribution >= 4 is 16.8 Å². The van der Waals surface area contributed by atoms with E-state index < -0.39 is 5.82 Å². The molecular weight excluding hydrogens is 347 g/mol. The Morgan fingerprint density at radius 3 is 2.96 bits per heavy atom. The third-order valence-corrected chi connectivity index (χ3v) is 4.15. The molecule has 1 heterocycles. The average molecular weight is 374 g/mol. The van der Waals surface area contributed by atoms with Gasteiger partial charge >= 0.3 is 0 Å². The molecular formula is C21H27FN2O3. The highest BCUT2D eigenvalue weighted by atomic mass is 19.1. The van der Waals surface area contributed by atoms with E-state index in [0.29, 0.717) is 32.6 Å². The van der Waals surface area contributed by atoms with Gasteiger partial charge in [0.1, 0.15) is 17.0 Å². The van der Waals surface area contributed by atoms with E-state index in [1.807, 2.05) is 26.0 Å². The van der Waals surface area contributed by atoms with Crippen molar-refractivity contribution in [2.75, 3.05) is 26.9 Å². The van der Waals surface area contributed by atoms with Gasteiger partial charge in [0.2, 0.25) is 0 Å². The summed E-state index contributed by atoms with van der Waals surface area (Å²) in [5.74, 6) is -0.571. The lowest BCUT2D eigenvalue weighted by atomic mass is 9.97. The van der Waals surface area contributed by atoms with Gasteiger partial charge in [-0.3, -0.25) is 4.79 Å². The molecule has 0 aliphatic heterocycles. The lowest BCUT2D eigenvalue weighted by Crippen LogP contribution is -2.26. The molecule has 0 aliphatic rings. The van der Waals surface area contributed by atoms with Gasteiger partial charge in [-0.15, -0.1) is 0 Å². The van der Waals surface area contributed by atoms with E-state index in [0.717, 1.165) is 10.9 Å². The van der Waals surface area contributed by atoms with Crippen LogP contribution in [-0.4, -0.2) is 37.8 Å². The predicted molar refractivity (Wildman–Crippen MR) is 104 cm³/mol.